The monoisotopic (exact) mass is 752 g/mol. The van der Waals surface area contributed by atoms with Crippen LogP contribution in [0.15, 0.2) is 48.5 Å². The van der Waals surface area contributed by atoms with Crippen LogP contribution in [0.4, 0.5) is 61.5 Å². The molecule has 2 aromatic carbocycles. The number of rotatable bonds is 12. The van der Waals surface area contributed by atoms with Crippen molar-refractivity contribution in [1.29, 1.82) is 0 Å². The van der Waals surface area contributed by atoms with Crippen LogP contribution in [0, 0.1) is 5.82 Å². The largest absolute Gasteiger partial charge is 0.494 e. The van der Waals surface area contributed by atoms with E-state index in [1.54, 1.807) is 24.3 Å². The van der Waals surface area contributed by atoms with Crippen LogP contribution >= 0.6 is 30.9 Å². The van der Waals surface area contributed by atoms with Crippen LogP contribution in [0.5, 0.6) is 5.75 Å². The predicted molar refractivity (Wildman–Crippen MR) is 146 cm³/mol. The van der Waals surface area contributed by atoms with Crippen LogP contribution in [-0.4, -0.2) is 42.4 Å². The van der Waals surface area contributed by atoms with E-state index < -0.39 is 76.4 Å². The van der Waals surface area contributed by atoms with Gasteiger partial charge >= 0.3 is 35.8 Å². The summed E-state index contributed by atoms with van der Waals surface area (Å²) >= 11 is 14.4. The van der Waals surface area contributed by atoms with Gasteiger partial charge in [0.25, 0.3) is 0 Å². The fraction of sp³-hybridized carbons (Fsp3) is 0.455. The molecule has 242 valence electrons. The van der Waals surface area contributed by atoms with E-state index in [1.165, 1.54) is 46.3 Å². The van der Waals surface area contributed by atoms with Crippen molar-refractivity contribution in [3.8, 4) is 5.75 Å². The zero-order chi connectivity index (χ0) is 32.9. The van der Waals surface area contributed by atoms with Crippen LogP contribution in [0.3, 0.4) is 0 Å². The summed E-state index contributed by atoms with van der Waals surface area (Å²) in [5.41, 5.74) is 0. The van der Waals surface area contributed by atoms with Gasteiger partial charge in [0.05, 0.1) is 15.5 Å². The third-order valence-electron chi connectivity index (χ3n) is 5.88. The minimum Gasteiger partial charge on any atom is -0.494 e. The first-order chi connectivity index (χ1) is 19.3. The highest BCUT2D eigenvalue weighted by molar-refractivity contribution is 9.48. The quantitative estimate of drug-likeness (QED) is 0.121. The summed E-state index contributed by atoms with van der Waals surface area (Å²) in [4.78, 5) is 0. The van der Waals surface area contributed by atoms with E-state index in [1.807, 2.05) is 0 Å². The summed E-state index contributed by atoms with van der Waals surface area (Å²) in [6.45, 7) is -0.470. The van der Waals surface area contributed by atoms with Crippen LogP contribution in [0.25, 0.3) is 0 Å². The number of ether oxygens (including phenoxy) is 1. The van der Waals surface area contributed by atoms with E-state index in [-0.39, 0.29) is 5.75 Å². The van der Waals surface area contributed by atoms with E-state index in [0.717, 1.165) is 10.6 Å². The summed E-state index contributed by atoms with van der Waals surface area (Å²) in [6.07, 6.45) is -11.3. The molecule has 0 aliphatic carbocycles. The molecule has 0 radical (unpaired) electrons. The van der Waals surface area contributed by atoms with Gasteiger partial charge in [0.1, 0.15) is 11.6 Å². The van der Waals surface area contributed by atoms with Gasteiger partial charge in [0.2, 0.25) is 0 Å². The second kappa shape index (κ2) is 12.1. The zero-order valence-electron chi connectivity index (χ0n) is 20.7. The van der Waals surface area contributed by atoms with Gasteiger partial charge in [-0.05, 0) is 61.4 Å². The molecule has 2 aromatic rings. The average Bonchev–Trinajstić information content (AvgIpc) is 2.87. The molecule has 1 heterocycles. The molecule has 0 bridgehead atoms. The maximum atomic E-state index is 13.9. The molecular weight excluding hydrogens is 736 g/mol. The molecule has 1 aliphatic heterocycles. The van der Waals surface area contributed by atoms with E-state index in [9.17, 15) is 61.5 Å². The van der Waals surface area contributed by atoms with E-state index in [2.05, 4.69) is 0 Å². The SMILES string of the molecule is Fc1ccc(P2(=S)SP(=S)(c3ccc(OCCCCC(F)(F)C(F)(F)C(F)(F)C(F)(F)C(F)(F)C(F)(F)F)cc3)S2)cc1. The first-order valence-electron chi connectivity index (χ1n) is 11.4. The van der Waals surface area contributed by atoms with E-state index >= 15 is 0 Å². The number of hydrogen-bond donors (Lipinski definition) is 0. The topological polar surface area (TPSA) is 9.23 Å². The number of unbranched alkanes of at least 4 members (excludes halogenated alkanes) is 1. The molecule has 0 unspecified atom stereocenters. The van der Waals surface area contributed by atoms with Crippen molar-refractivity contribution in [3.05, 3.63) is 54.3 Å². The van der Waals surface area contributed by atoms with Crippen molar-refractivity contribution in [2.45, 2.75) is 55.1 Å². The van der Waals surface area contributed by atoms with Crippen LogP contribution in [0.2, 0.25) is 0 Å². The molecule has 0 atom stereocenters. The minimum atomic E-state index is -7.90. The second-order valence-corrected chi connectivity index (χ2v) is 30.2. The molecule has 0 N–H and O–H groups in total. The van der Waals surface area contributed by atoms with Gasteiger partial charge < -0.3 is 4.74 Å². The number of halogens is 14. The fourth-order valence-corrected chi connectivity index (χ4v) is 45.7. The van der Waals surface area contributed by atoms with Gasteiger partial charge in [-0.25, -0.2) is 4.39 Å². The van der Waals surface area contributed by atoms with Gasteiger partial charge in [0, 0.05) is 17.0 Å². The summed E-state index contributed by atoms with van der Waals surface area (Å²) in [6, 6.07) is 11.9. The molecule has 1 fully saturated rings. The molecule has 21 heteroatoms. The van der Waals surface area contributed by atoms with Gasteiger partial charge in [0.15, 0.2) is 0 Å². The summed E-state index contributed by atoms with van der Waals surface area (Å²) in [5.74, 6) is -37.1. The van der Waals surface area contributed by atoms with Crippen LogP contribution in [0.1, 0.15) is 19.3 Å². The lowest BCUT2D eigenvalue weighted by Gasteiger charge is -2.40. The third-order valence-corrected chi connectivity index (χ3v) is 37.1. The van der Waals surface area contributed by atoms with Gasteiger partial charge in [-0.3, -0.25) is 0 Å². The Morgan fingerprint density at radius 1 is 0.581 bits per heavy atom. The molecular formula is C22H16F14OP2S4. The molecule has 0 aromatic heterocycles. The number of hydrogen-bond acceptors (Lipinski definition) is 5. The molecule has 1 saturated heterocycles. The number of alkyl halides is 13. The highest BCUT2D eigenvalue weighted by atomic mass is 33.7. The Hall–Kier alpha value is -0.740. The maximum Gasteiger partial charge on any atom is 0.460 e. The highest BCUT2D eigenvalue weighted by Crippen LogP contribution is 3.04. The Labute approximate surface area is 252 Å². The van der Waals surface area contributed by atoms with Crippen LogP contribution in [-0.2, 0) is 23.6 Å². The normalized spacial score (nSPS) is 22.3. The molecule has 43 heavy (non-hydrogen) atoms. The Bertz CT molecular complexity index is 1380. The summed E-state index contributed by atoms with van der Waals surface area (Å²) in [5, 5.41) is 1.53. The average molecular weight is 753 g/mol. The van der Waals surface area contributed by atoms with Gasteiger partial charge in [-0.2, -0.15) is 57.1 Å². The van der Waals surface area contributed by atoms with Crippen molar-refractivity contribution >= 4 is 65.1 Å². The first-order valence-corrected chi connectivity index (χ1v) is 21.1. The lowest BCUT2D eigenvalue weighted by molar-refractivity contribution is -0.440. The molecule has 0 amide bonds. The Kier molecular flexibility index (Phi) is 10.4. The van der Waals surface area contributed by atoms with Crippen molar-refractivity contribution in [2.24, 2.45) is 0 Å². The molecule has 1 nitrogen and oxygen atoms in total. The van der Waals surface area contributed by atoms with Gasteiger partial charge in [-0.1, -0.05) is 45.6 Å². The third kappa shape index (κ3) is 6.72. The van der Waals surface area contributed by atoms with Gasteiger partial charge in [-0.15, -0.1) is 0 Å². The van der Waals surface area contributed by atoms with Crippen molar-refractivity contribution < 1.29 is 66.2 Å². The Morgan fingerprint density at radius 2 is 1.00 bits per heavy atom. The number of benzene rings is 2. The second-order valence-electron chi connectivity index (χ2n) is 8.93. The Balaban J connectivity index is 1.55. The lowest BCUT2D eigenvalue weighted by atomic mass is 9.92. The minimum absolute atomic E-state index is 0.150. The standard InChI is InChI=1S/C22H16F14OP2S4/c23-13-3-7-15(8-4-13)38(40)42-39(41,43-38)16-9-5-14(6-10-16)37-12-2-1-11-17(24,25)18(26,27)19(28,29)20(30,31)21(32,33)22(34,35)36/h3-10H,1-2,11-12H2. The zero-order valence-corrected chi connectivity index (χ0v) is 25.7. The summed E-state index contributed by atoms with van der Waals surface area (Å²) < 4.78 is 185. The predicted octanol–water partition coefficient (Wildman–Crippen LogP) is 10.2. The van der Waals surface area contributed by atoms with Crippen molar-refractivity contribution in [1.82, 2.24) is 0 Å². The first kappa shape index (κ1) is 36.7. The summed E-state index contributed by atoms with van der Waals surface area (Å²) in [7, 11) is 0. The fourth-order valence-electron chi connectivity index (χ4n) is 3.42. The lowest BCUT2D eigenvalue weighted by Crippen LogP contribution is -2.70. The van der Waals surface area contributed by atoms with Crippen molar-refractivity contribution in [3.63, 3.8) is 0 Å². The van der Waals surface area contributed by atoms with E-state index in [4.69, 9.17) is 28.4 Å². The Morgan fingerprint density at radius 3 is 1.44 bits per heavy atom. The molecule has 0 saturated carbocycles. The van der Waals surface area contributed by atoms with E-state index in [0.29, 0.717) is 0 Å². The highest BCUT2D eigenvalue weighted by Gasteiger charge is 2.90. The van der Waals surface area contributed by atoms with Crippen LogP contribution < -0.4 is 15.3 Å². The molecule has 0 spiro atoms. The molecule has 3 rings (SSSR count). The smallest absolute Gasteiger partial charge is 0.460 e. The van der Waals surface area contributed by atoms with Crippen molar-refractivity contribution in [2.75, 3.05) is 6.61 Å². The molecule has 1 aliphatic rings. The maximum absolute atomic E-state index is 13.9.